The molecule has 2 N–H and O–H groups in total. The molecule has 1 saturated heterocycles. The molecule has 0 saturated carbocycles. The van der Waals surface area contributed by atoms with Gasteiger partial charge in [0.15, 0.2) is 0 Å². The molecular weight excluding hydrogens is 369 g/mol. The summed E-state index contributed by atoms with van der Waals surface area (Å²) in [5.74, 6) is -0.530. The third kappa shape index (κ3) is 5.91. The molecule has 2 aromatic carbocycles. The highest BCUT2D eigenvalue weighted by molar-refractivity contribution is 5.92. The van der Waals surface area contributed by atoms with Gasteiger partial charge in [-0.15, -0.1) is 0 Å². The summed E-state index contributed by atoms with van der Waals surface area (Å²) in [6.07, 6.45) is 4.99. The van der Waals surface area contributed by atoms with E-state index in [2.05, 4.69) is 10.6 Å². The van der Waals surface area contributed by atoms with E-state index in [0.29, 0.717) is 17.9 Å². The summed E-state index contributed by atoms with van der Waals surface area (Å²) in [6.45, 7) is 4.77. The molecule has 0 aliphatic carbocycles. The van der Waals surface area contributed by atoms with Crippen LogP contribution < -0.4 is 15.5 Å². The second kappa shape index (κ2) is 9.37. The van der Waals surface area contributed by atoms with E-state index in [4.69, 9.17) is 0 Å². The van der Waals surface area contributed by atoms with Crippen LogP contribution in [0.3, 0.4) is 0 Å². The molecule has 2 aromatic rings. The smallest absolute Gasteiger partial charge is 0.244 e. The minimum Gasteiger partial charge on any atom is -0.367 e. The summed E-state index contributed by atoms with van der Waals surface area (Å²) < 4.78 is 14.2. The van der Waals surface area contributed by atoms with Crippen LogP contribution in [0.5, 0.6) is 0 Å². The first-order valence-corrected chi connectivity index (χ1v) is 9.78. The van der Waals surface area contributed by atoms with Gasteiger partial charge in [0.2, 0.25) is 11.8 Å². The third-order valence-electron chi connectivity index (χ3n) is 4.87. The van der Waals surface area contributed by atoms with Crippen molar-refractivity contribution in [3.8, 4) is 0 Å². The molecule has 1 atom stereocenters. The lowest BCUT2D eigenvalue weighted by atomic mass is 10.0. The molecule has 0 aromatic heterocycles. The zero-order valence-electron chi connectivity index (χ0n) is 16.7. The average molecular weight is 395 g/mol. The van der Waals surface area contributed by atoms with Crippen LogP contribution in [0.15, 0.2) is 48.5 Å². The molecule has 29 heavy (non-hydrogen) atoms. The van der Waals surface area contributed by atoms with E-state index >= 15 is 0 Å². The molecule has 5 nitrogen and oxygen atoms in total. The largest absolute Gasteiger partial charge is 0.367 e. The number of aryl methyl sites for hydroxylation is 1. The standard InChI is InChI=1S/C23H26FN3O2/c1-16-5-11-21(24)22(14-16)27-13-3-4-20(15-27)26-23(29)12-8-18-6-9-19(10-7-18)25-17(2)28/h5-12,14,20H,3-4,13,15H2,1-2H3,(H,25,28)(H,26,29)/b12-8+. The van der Waals surface area contributed by atoms with Crippen LogP contribution >= 0.6 is 0 Å². The fraction of sp³-hybridized carbons (Fsp3) is 0.304. The van der Waals surface area contributed by atoms with Gasteiger partial charge in [-0.3, -0.25) is 9.59 Å². The molecule has 2 amide bonds. The SMILES string of the molecule is CC(=O)Nc1ccc(/C=C/C(=O)NC2CCCN(c3cc(C)ccc3F)C2)cc1. The van der Waals surface area contributed by atoms with E-state index in [1.807, 2.05) is 30.0 Å². The van der Waals surface area contributed by atoms with Crippen molar-refractivity contribution in [2.75, 3.05) is 23.3 Å². The topological polar surface area (TPSA) is 61.4 Å². The number of halogens is 1. The molecule has 0 bridgehead atoms. The molecule has 1 fully saturated rings. The predicted molar refractivity (Wildman–Crippen MR) is 114 cm³/mol. The maximum Gasteiger partial charge on any atom is 0.244 e. The second-order valence-electron chi connectivity index (χ2n) is 7.39. The fourth-order valence-corrected chi connectivity index (χ4v) is 3.48. The van der Waals surface area contributed by atoms with E-state index in [1.54, 1.807) is 24.3 Å². The molecule has 1 heterocycles. The number of benzene rings is 2. The molecule has 0 spiro atoms. The first-order chi connectivity index (χ1) is 13.9. The monoisotopic (exact) mass is 395 g/mol. The minimum absolute atomic E-state index is 0.0250. The van der Waals surface area contributed by atoms with Crippen molar-refractivity contribution in [2.45, 2.75) is 32.7 Å². The second-order valence-corrected chi connectivity index (χ2v) is 7.39. The van der Waals surface area contributed by atoms with Gasteiger partial charge in [-0.1, -0.05) is 18.2 Å². The fourth-order valence-electron chi connectivity index (χ4n) is 3.48. The van der Waals surface area contributed by atoms with Crippen molar-refractivity contribution in [3.05, 3.63) is 65.5 Å². The number of nitrogens with zero attached hydrogens (tertiary/aromatic N) is 1. The summed E-state index contributed by atoms with van der Waals surface area (Å²) in [6, 6.07) is 12.3. The van der Waals surface area contributed by atoms with Gasteiger partial charge in [0.25, 0.3) is 0 Å². The summed E-state index contributed by atoms with van der Waals surface area (Å²) in [5.41, 5.74) is 3.19. The molecule has 1 aliphatic rings. The molecule has 0 radical (unpaired) electrons. The van der Waals surface area contributed by atoms with E-state index in [-0.39, 0.29) is 23.7 Å². The highest BCUT2D eigenvalue weighted by atomic mass is 19.1. The summed E-state index contributed by atoms with van der Waals surface area (Å²) in [7, 11) is 0. The van der Waals surface area contributed by atoms with E-state index < -0.39 is 0 Å². The van der Waals surface area contributed by atoms with Gasteiger partial charge >= 0.3 is 0 Å². The van der Waals surface area contributed by atoms with Crippen LogP contribution in [0.2, 0.25) is 0 Å². The quantitative estimate of drug-likeness (QED) is 0.755. The third-order valence-corrected chi connectivity index (χ3v) is 4.87. The first kappa shape index (κ1) is 20.6. The van der Waals surface area contributed by atoms with Gasteiger partial charge in [-0.05, 0) is 61.2 Å². The van der Waals surface area contributed by atoms with Crippen molar-refractivity contribution in [3.63, 3.8) is 0 Å². The Morgan fingerprint density at radius 2 is 1.93 bits per heavy atom. The number of hydrogen-bond donors (Lipinski definition) is 2. The minimum atomic E-state index is -0.231. The Morgan fingerprint density at radius 3 is 2.66 bits per heavy atom. The van der Waals surface area contributed by atoms with Gasteiger partial charge in [-0.2, -0.15) is 0 Å². The molecule has 3 rings (SSSR count). The maximum atomic E-state index is 14.2. The zero-order chi connectivity index (χ0) is 20.8. The van der Waals surface area contributed by atoms with Gasteiger partial charge < -0.3 is 15.5 Å². The van der Waals surface area contributed by atoms with Crippen molar-refractivity contribution in [1.29, 1.82) is 0 Å². The Bertz CT molecular complexity index is 909. The normalized spacial score (nSPS) is 16.7. The lowest BCUT2D eigenvalue weighted by Crippen LogP contribution is -2.47. The van der Waals surface area contributed by atoms with Crippen molar-refractivity contribution >= 4 is 29.3 Å². The number of rotatable bonds is 5. The van der Waals surface area contributed by atoms with Gasteiger partial charge in [0.1, 0.15) is 5.82 Å². The van der Waals surface area contributed by atoms with Crippen LogP contribution in [-0.2, 0) is 9.59 Å². The number of piperidine rings is 1. The Balaban J connectivity index is 1.56. The van der Waals surface area contributed by atoms with Crippen LogP contribution in [0.1, 0.15) is 30.9 Å². The van der Waals surface area contributed by atoms with Gasteiger partial charge in [0, 0.05) is 37.8 Å². The van der Waals surface area contributed by atoms with E-state index in [0.717, 1.165) is 30.5 Å². The van der Waals surface area contributed by atoms with Crippen LogP contribution in [0.25, 0.3) is 6.08 Å². The lowest BCUT2D eigenvalue weighted by molar-refractivity contribution is -0.117. The summed E-state index contributed by atoms with van der Waals surface area (Å²) in [5, 5.41) is 5.72. The Labute approximate surface area is 170 Å². The first-order valence-electron chi connectivity index (χ1n) is 9.78. The average Bonchev–Trinajstić information content (AvgIpc) is 2.69. The van der Waals surface area contributed by atoms with E-state index in [9.17, 15) is 14.0 Å². The number of carbonyl (C=O) groups is 2. The Morgan fingerprint density at radius 1 is 1.17 bits per heavy atom. The number of carbonyl (C=O) groups excluding carboxylic acids is 2. The molecule has 6 heteroatoms. The highest BCUT2D eigenvalue weighted by Gasteiger charge is 2.22. The summed E-state index contributed by atoms with van der Waals surface area (Å²) >= 11 is 0. The number of anilines is 2. The van der Waals surface area contributed by atoms with E-state index in [1.165, 1.54) is 19.1 Å². The molecule has 152 valence electrons. The number of amides is 2. The Kier molecular flexibility index (Phi) is 6.65. The Hall–Kier alpha value is -3.15. The predicted octanol–water partition coefficient (Wildman–Crippen LogP) is 3.89. The molecular formula is C23H26FN3O2. The van der Waals surface area contributed by atoms with Gasteiger partial charge in [0.05, 0.1) is 5.69 Å². The highest BCUT2D eigenvalue weighted by Crippen LogP contribution is 2.24. The number of hydrogen-bond acceptors (Lipinski definition) is 3. The van der Waals surface area contributed by atoms with Crippen molar-refractivity contribution in [2.24, 2.45) is 0 Å². The van der Waals surface area contributed by atoms with Crippen LogP contribution in [0, 0.1) is 12.7 Å². The lowest BCUT2D eigenvalue weighted by Gasteiger charge is -2.35. The zero-order valence-corrected chi connectivity index (χ0v) is 16.7. The maximum absolute atomic E-state index is 14.2. The molecule has 1 unspecified atom stereocenters. The molecule has 1 aliphatic heterocycles. The van der Waals surface area contributed by atoms with Crippen LogP contribution in [-0.4, -0.2) is 30.9 Å². The van der Waals surface area contributed by atoms with Gasteiger partial charge in [-0.25, -0.2) is 4.39 Å². The number of nitrogens with one attached hydrogen (secondary N) is 2. The van der Waals surface area contributed by atoms with Crippen molar-refractivity contribution < 1.29 is 14.0 Å². The van der Waals surface area contributed by atoms with Crippen molar-refractivity contribution in [1.82, 2.24) is 5.32 Å². The summed E-state index contributed by atoms with van der Waals surface area (Å²) in [4.78, 5) is 25.4. The van der Waals surface area contributed by atoms with Crippen LogP contribution in [0.4, 0.5) is 15.8 Å².